The van der Waals surface area contributed by atoms with Crippen LogP contribution in [0.1, 0.15) is 46.5 Å². The number of ether oxygens (including phenoxy) is 1. The summed E-state index contributed by atoms with van der Waals surface area (Å²) in [7, 11) is 0. The number of nitrogens with two attached hydrogens (primary N) is 2. The highest BCUT2D eigenvalue weighted by atomic mass is 16.5. The number of esters is 1. The summed E-state index contributed by atoms with van der Waals surface area (Å²) in [6.07, 6.45) is 5.54. The summed E-state index contributed by atoms with van der Waals surface area (Å²) in [6.45, 7) is 6.23. The Bertz CT molecular complexity index is 412. The van der Waals surface area contributed by atoms with Gasteiger partial charge in [0.15, 0.2) is 0 Å². The van der Waals surface area contributed by atoms with Gasteiger partial charge in [0.25, 0.3) is 0 Å². The number of nitrogens with zero attached hydrogens (tertiary/aromatic N) is 1. The quantitative estimate of drug-likeness (QED) is 0.392. The number of carbonyl (C=O) groups excluding carboxylic acids is 1. The molecule has 6 nitrogen and oxygen atoms in total. The van der Waals surface area contributed by atoms with E-state index in [-0.39, 0.29) is 23.5 Å². The van der Waals surface area contributed by atoms with Crippen molar-refractivity contribution in [1.29, 1.82) is 5.41 Å². The summed E-state index contributed by atoms with van der Waals surface area (Å²) in [4.78, 5) is 14.0. The second-order valence-electron chi connectivity index (χ2n) is 6.14. The first-order valence-corrected chi connectivity index (χ1v) is 7.53. The van der Waals surface area contributed by atoms with Gasteiger partial charge in [-0.3, -0.25) is 10.2 Å². The lowest BCUT2D eigenvalue weighted by Gasteiger charge is -2.36. The van der Waals surface area contributed by atoms with E-state index in [4.69, 9.17) is 21.6 Å². The molecule has 1 fully saturated rings. The van der Waals surface area contributed by atoms with Crippen molar-refractivity contribution in [1.82, 2.24) is 4.90 Å². The Balaban J connectivity index is 2.91. The van der Waals surface area contributed by atoms with Crippen molar-refractivity contribution in [3.8, 4) is 0 Å². The lowest BCUT2D eigenvalue weighted by molar-refractivity contribution is -0.154. The number of hydrogen-bond acceptors (Lipinski definition) is 5. The van der Waals surface area contributed by atoms with Crippen molar-refractivity contribution in [3.05, 3.63) is 11.9 Å². The summed E-state index contributed by atoms with van der Waals surface area (Å²) >= 11 is 0. The van der Waals surface area contributed by atoms with E-state index in [2.05, 4.69) is 0 Å². The average Bonchev–Trinajstić information content (AvgIpc) is 2.97. The van der Waals surface area contributed by atoms with Crippen LogP contribution in [-0.2, 0) is 9.53 Å². The SMILES string of the molecule is CCOC(=O)C(C)(C)CN(C(=N)C(N)=CN)C1CCCC1. The van der Waals surface area contributed by atoms with E-state index < -0.39 is 5.41 Å². The molecule has 0 aliphatic heterocycles. The molecule has 120 valence electrons. The molecule has 0 aromatic carbocycles. The molecular weight excluding hydrogens is 268 g/mol. The predicted molar refractivity (Wildman–Crippen MR) is 83.6 cm³/mol. The third kappa shape index (κ3) is 4.37. The zero-order chi connectivity index (χ0) is 16.0. The lowest BCUT2D eigenvalue weighted by atomic mass is 9.91. The van der Waals surface area contributed by atoms with Gasteiger partial charge in [-0.25, -0.2) is 0 Å². The lowest BCUT2D eigenvalue weighted by Crippen LogP contribution is -2.48. The molecule has 5 N–H and O–H groups in total. The molecule has 0 spiro atoms. The van der Waals surface area contributed by atoms with E-state index in [0.717, 1.165) is 25.7 Å². The van der Waals surface area contributed by atoms with Crippen molar-refractivity contribution in [2.24, 2.45) is 16.9 Å². The summed E-state index contributed by atoms with van der Waals surface area (Å²) in [5, 5.41) is 8.24. The number of amidine groups is 1. The van der Waals surface area contributed by atoms with E-state index in [1.807, 2.05) is 18.7 Å². The molecule has 0 aromatic heterocycles. The normalized spacial score (nSPS) is 16.8. The van der Waals surface area contributed by atoms with Crippen molar-refractivity contribution < 1.29 is 9.53 Å². The molecule has 1 rings (SSSR count). The molecule has 0 bridgehead atoms. The van der Waals surface area contributed by atoms with Crippen LogP contribution in [0.5, 0.6) is 0 Å². The maximum atomic E-state index is 12.1. The predicted octanol–water partition coefficient (Wildman–Crippen LogP) is 1.56. The fourth-order valence-corrected chi connectivity index (χ4v) is 2.67. The van der Waals surface area contributed by atoms with Crippen LogP contribution in [-0.4, -0.2) is 35.9 Å². The van der Waals surface area contributed by atoms with Gasteiger partial charge < -0.3 is 21.1 Å². The van der Waals surface area contributed by atoms with Crippen LogP contribution < -0.4 is 11.5 Å². The van der Waals surface area contributed by atoms with Crippen molar-refractivity contribution in [2.45, 2.75) is 52.5 Å². The highest BCUT2D eigenvalue weighted by Gasteiger charge is 2.36. The van der Waals surface area contributed by atoms with Crippen LogP contribution in [0, 0.1) is 10.8 Å². The molecule has 0 saturated heterocycles. The van der Waals surface area contributed by atoms with Gasteiger partial charge >= 0.3 is 5.97 Å². The third-order valence-corrected chi connectivity index (χ3v) is 3.90. The van der Waals surface area contributed by atoms with Crippen LogP contribution >= 0.6 is 0 Å². The van der Waals surface area contributed by atoms with E-state index in [1.54, 1.807) is 6.92 Å². The van der Waals surface area contributed by atoms with Crippen molar-refractivity contribution >= 4 is 11.8 Å². The molecule has 0 aromatic rings. The topological polar surface area (TPSA) is 105 Å². The Kier molecular flexibility index (Phi) is 6.05. The average molecular weight is 296 g/mol. The summed E-state index contributed by atoms with van der Waals surface area (Å²) < 4.78 is 5.13. The van der Waals surface area contributed by atoms with E-state index >= 15 is 0 Å². The van der Waals surface area contributed by atoms with Crippen molar-refractivity contribution in [3.63, 3.8) is 0 Å². The van der Waals surface area contributed by atoms with Gasteiger partial charge in [0.05, 0.1) is 17.7 Å². The van der Waals surface area contributed by atoms with Gasteiger partial charge in [0.1, 0.15) is 5.84 Å². The first kappa shape index (κ1) is 17.3. The van der Waals surface area contributed by atoms with Gasteiger partial charge in [-0.2, -0.15) is 0 Å². The van der Waals surface area contributed by atoms with E-state index in [0.29, 0.717) is 13.2 Å². The summed E-state index contributed by atoms with van der Waals surface area (Å²) in [6, 6.07) is 0.240. The first-order valence-electron chi connectivity index (χ1n) is 7.53. The molecule has 0 radical (unpaired) electrons. The Hall–Kier alpha value is -1.72. The molecule has 0 unspecified atom stereocenters. The number of carbonyl (C=O) groups is 1. The zero-order valence-electron chi connectivity index (χ0n) is 13.3. The summed E-state index contributed by atoms with van der Waals surface area (Å²) in [5.41, 5.74) is 10.8. The minimum atomic E-state index is -0.695. The number of hydrogen-bond donors (Lipinski definition) is 3. The van der Waals surface area contributed by atoms with Crippen LogP contribution in [0.3, 0.4) is 0 Å². The molecule has 21 heavy (non-hydrogen) atoms. The highest BCUT2D eigenvalue weighted by Crippen LogP contribution is 2.28. The number of rotatable bonds is 6. The smallest absolute Gasteiger partial charge is 0.313 e. The monoisotopic (exact) mass is 296 g/mol. The molecule has 0 atom stereocenters. The van der Waals surface area contributed by atoms with E-state index in [9.17, 15) is 4.79 Å². The molecule has 0 amide bonds. The molecule has 1 aliphatic rings. The maximum Gasteiger partial charge on any atom is 0.313 e. The standard InChI is InChI=1S/C15H28N4O2/c1-4-21-14(20)15(2,3)10-19(11-7-5-6-8-11)13(18)12(17)9-16/h9,11,18H,4-8,10,16-17H2,1-3H3. The maximum absolute atomic E-state index is 12.1. The Morgan fingerprint density at radius 3 is 2.48 bits per heavy atom. The van der Waals surface area contributed by atoms with Crippen LogP contribution in [0.2, 0.25) is 0 Å². The number of nitrogens with one attached hydrogen (secondary N) is 1. The largest absolute Gasteiger partial charge is 0.466 e. The fraction of sp³-hybridized carbons (Fsp3) is 0.733. The molecule has 1 aliphatic carbocycles. The van der Waals surface area contributed by atoms with Crippen LogP contribution in [0.15, 0.2) is 11.9 Å². The minimum absolute atomic E-state index is 0.196. The van der Waals surface area contributed by atoms with Gasteiger partial charge in [0.2, 0.25) is 0 Å². The minimum Gasteiger partial charge on any atom is -0.466 e. The first-order chi connectivity index (χ1) is 9.83. The van der Waals surface area contributed by atoms with E-state index in [1.165, 1.54) is 6.20 Å². The van der Waals surface area contributed by atoms with Gasteiger partial charge in [-0.15, -0.1) is 0 Å². The summed E-state index contributed by atoms with van der Waals surface area (Å²) in [5.74, 6) is -0.0575. The molecule has 1 saturated carbocycles. The highest BCUT2D eigenvalue weighted by molar-refractivity contribution is 5.95. The molecule has 6 heteroatoms. The molecular formula is C15H28N4O2. The second kappa shape index (κ2) is 7.33. The zero-order valence-corrected chi connectivity index (χ0v) is 13.3. The molecule has 0 heterocycles. The Morgan fingerprint density at radius 1 is 1.43 bits per heavy atom. The van der Waals surface area contributed by atoms with Gasteiger partial charge in [-0.1, -0.05) is 12.8 Å². The third-order valence-electron chi connectivity index (χ3n) is 3.90. The van der Waals surface area contributed by atoms with Gasteiger partial charge in [0, 0.05) is 18.8 Å². The fourth-order valence-electron chi connectivity index (χ4n) is 2.67. The van der Waals surface area contributed by atoms with Gasteiger partial charge in [-0.05, 0) is 33.6 Å². The Labute approximate surface area is 127 Å². The second-order valence-corrected chi connectivity index (χ2v) is 6.14. The van der Waals surface area contributed by atoms with Crippen molar-refractivity contribution in [2.75, 3.05) is 13.2 Å². The Morgan fingerprint density at radius 2 is 2.00 bits per heavy atom. The van der Waals surface area contributed by atoms with Crippen LogP contribution in [0.25, 0.3) is 0 Å². The van der Waals surface area contributed by atoms with Crippen LogP contribution in [0.4, 0.5) is 0 Å².